The number of hydrogen-bond donors (Lipinski definition) is 1. The maximum atomic E-state index is 12.9. The number of aromatic nitrogens is 2. The molecule has 11 nitrogen and oxygen atoms in total. The van der Waals surface area contributed by atoms with Crippen molar-refractivity contribution < 1.29 is 37.7 Å². The highest BCUT2D eigenvalue weighted by atomic mass is 16.6. The summed E-state index contributed by atoms with van der Waals surface area (Å²) in [5.41, 5.74) is 7.51. The lowest BCUT2D eigenvalue weighted by atomic mass is 10.1. The topological polar surface area (TPSA) is 137 Å². The molecule has 62 heavy (non-hydrogen) atoms. The van der Waals surface area contributed by atoms with E-state index in [0.29, 0.717) is 54.9 Å². The molecule has 0 bridgehead atoms. The van der Waals surface area contributed by atoms with Crippen LogP contribution in [0.3, 0.4) is 0 Å². The molecule has 1 unspecified atom stereocenters. The average molecular weight is 834 g/mol. The molecule has 0 radical (unpaired) electrons. The van der Waals surface area contributed by atoms with Crippen molar-refractivity contribution >= 4 is 17.6 Å². The Morgan fingerprint density at radius 2 is 1.19 bits per heavy atom. The molecule has 1 N–H and O–H groups in total. The zero-order chi connectivity index (χ0) is 44.0. The molecule has 2 heterocycles. The maximum absolute atomic E-state index is 12.9. The zero-order valence-electron chi connectivity index (χ0n) is 35.7. The van der Waals surface area contributed by atoms with Crippen molar-refractivity contribution in [3.63, 3.8) is 0 Å². The van der Waals surface area contributed by atoms with E-state index in [2.05, 4.69) is 16.5 Å². The highest BCUT2D eigenvalue weighted by Crippen LogP contribution is 2.27. The van der Waals surface area contributed by atoms with Crippen molar-refractivity contribution in [2.24, 2.45) is 0 Å². The summed E-state index contributed by atoms with van der Waals surface area (Å²) in [5, 5.41) is 9.42. The fourth-order valence-electron chi connectivity index (χ4n) is 6.43. The van der Waals surface area contributed by atoms with E-state index in [1.165, 1.54) is 4.90 Å². The fraction of sp³-hybridized carbons (Fsp3) is 0.216. The Bertz CT molecular complexity index is 2560. The van der Waals surface area contributed by atoms with Crippen LogP contribution in [-0.4, -0.2) is 51.8 Å². The van der Waals surface area contributed by atoms with Crippen molar-refractivity contribution in [1.29, 1.82) is 0 Å². The average Bonchev–Trinajstić information content (AvgIpc) is 3.85. The summed E-state index contributed by atoms with van der Waals surface area (Å²) in [6, 6.07) is 41.2. The molecule has 5 aromatic carbocycles. The molecular formula is C51H51N3O8. The number of carboxylic acid groups (broad SMARTS) is 1. The van der Waals surface area contributed by atoms with Crippen LogP contribution in [-0.2, 0) is 17.6 Å². The molecule has 0 aliphatic heterocycles. The molecule has 0 aliphatic rings. The molecule has 7 aromatic rings. The number of aliphatic carboxylic acids is 1. The normalized spacial score (nSPS) is 11.2. The van der Waals surface area contributed by atoms with Gasteiger partial charge in [-0.3, -0.25) is 9.69 Å². The van der Waals surface area contributed by atoms with E-state index in [0.717, 1.165) is 56.5 Å². The first kappa shape index (κ1) is 44.2. The number of oxazole rings is 2. The summed E-state index contributed by atoms with van der Waals surface area (Å²) >= 11 is 0. The van der Waals surface area contributed by atoms with Crippen molar-refractivity contribution in [3.8, 4) is 40.2 Å². The number of carbonyl (C=O) groups excluding carboxylic acids is 1. The number of nitrogens with zero attached hydrogens (tertiary/aromatic N) is 3. The van der Waals surface area contributed by atoms with Crippen LogP contribution in [0.4, 0.5) is 4.79 Å². The first-order chi connectivity index (χ1) is 29.9. The Morgan fingerprint density at radius 1 is 0.677 bits per heavy atom. The van der Waals surface area contributed by atoms with Gasteiger partial charge in [-0.15, -0.1) is 0 Å². The van der Waals surface area contributed by atoms with Crippen LogP contribution < -0.4 is 14.2 Å². The molecule has 0 aliphatic carbocycles. The van der Waals surface area contributed by atoms with Crippen LogP contribution >= 0.6 is 0 Å². The van der Waals surface area contributed by atoms with Gasteiger partial charge in [0.05, 0.1) is 30.6 Å². The minimum atomic E-state index is -1.14. The van der Waals surface area contributed by atoms with E-state index in [1.54, 1.807) is 31.2 Å². The highest BCUT2D eigenvalue weighted by molar-refractivity contribution is 5.78. The summed E-state index contributed by atoms with van der Waals surface area (Å²) in [6.45, 7) is 13.9. The Labute approximate surface area is 362 Å². The molecule has 11 heteroatoms. The van der Waals surface area contributed by atoms with Gasteiger partial charge >= 0.3 is 12.1 Å². The predicted molar refractivity (Wildman–Crippen MR) is 239 cm³/mol. The Hall–Kier alpha value is -7.40. The van der Waals surface area contributed by atoms with E-state index < -0.39 is 24.6 Å². The Morgan fingerprint density at radius 3 is 1.71 bits per heavy atom. The predicted octanol–water partition coefficient (Wildman–Crippen LogP) is 11.5. The first-order valence-electron chi connectivity index (χ1n) is 20.4. The van der Waals surface area contributed by atoms with Crippen molar-refractivity contribution in [2.75, 3.05) is 19.8 Å². The smallest absolute Gasteiger partial charge is 0.416 e. The monoisotopic (exact) mass is 833 g/mol. The third kappa shape index (κ3) is 12.3. The van der Waals surface area contributed by atoms with Crippen LogP contribution in [0.2, 0.25) is 0 Å². The van der Waals surface area contributed by atoms with Gasteiger partial charge in [0.15, 0.2) is 0 Å². The number of amides is 1. The number of ether oxygens (including phenoxy) is 3. The molecule has 2 aromatic heterocycles. The number of rotatable bonds is 16. The lowest BCUT2D eigenvalue weighted by Crippen LogP contribution is -2.39. The minimum absolute atomic E-state index is 0.346. The molecular weight excluding hydrogens is 783 g/mol. The molecule has 7 rings (SSSR count). The number of hydrogen-bond acceptors (Lipinski definition) is 9. The quantitative estimate of drug-likeness (QED) is 0.100. The van der Waals surface area contributed by atoms with Crippen LogP contribution in [0.1, 0.15) is 59.5 Å². The second kappa shape index (κ2) is 21.2. The molecule has 1 amide bonds. The second-order valence-electron chi connectivity index (χ2n) is 14.7. The SMILES string of the molecule is C=C(C)c1cccc(OCCc2nc(-c3ccccc3)oc2C)c1.Cc1ccc(OC(=O)N(CC(=O)O)C(C)c2cccc(OCCc3nc(-c4ccccc4)oc3C)c2)cc1. The van der Waals surface area contributed by atoms with Gasteiger partial charge in [-0.2, -0.15) is 0 Å². The number of aryl methyl sites for hydroxylation is 3. The molecule has 0 fully saturated rings. The lowest BCUT2D eigenvalue weighted by Gasteiger charge is -2.27. The van der Waals surface area contributed by atoms with E-state index >= 15 is 0 Å². The van der Waals surface area contributed by atoms with E-state index in [4.69, 9.17) is 23.0 Å². The number of allylic oxidation sites excluding steroid dienone is 1. The first-order valence-corrected chi connectivity index (χ1v) is 20.4. The van der Waals surface area contributed by atoms with Crippen molar-refractivity contribution in [3.05, 3.63) is 180 Å². The molecule has 1 atom stereocenters. The van der Waals surface area contributed by atoms with Gasteiger partial charge in [0.1, 0.15) is 35.3 Å². The second-order valence-corrected chi connectivity index (χ2v) is 14.7. The standard InChI is InChI=1S/C30H30N2O6.C21H21NO2/c1-20-12-14-25(15-13-20)38-30(35)32(19-28(33)34)21(2)24-10-7-11-26(18-24)36-17-16-27-22(3)37-29(31-27)23-8-5-4-6-9-23;1-15(2)18-10-7-11-19(14-18)23-13-12-20-16(3)24-21(22-20)17-8-5-4-6-9-17/h4-15,18,21H,16-17,19H2,1-3H3,(H,33,34);4-11,14H,1,12-13H2,2-3H3. The molecule has 0 saturated heterocycles. The Balaban J connectivity index is 0.000000229. The van der Waals surface area contributed by atoms with E-state index in [-0.39, 0.29) is 0 Å². The van der Waals surface area contributed by atoms with Gasteiger partial charge in [-0.05, 0) is 106 Å². The van der Waals surface area contributed by atoms with Gasteiger partial charge in [0, 0.05) is 24.0 Å². The van der Waals surface area contributed by atoms with Crippen molar-refractivity contribution in [1.82, 2.24) is 14.9 Å². The van der Waals surface area contributed by atoms with Gasteiger partial charge in [0.2, 0.25) is 11.8 Å². The summed E-state index contributed by atoms with van der Waals surface area (Å²) in [6.07, 6.45) is 0.515. The largest absolute Gasteiger partial charge is 0.493 e. The summed E-state index contributed by atoms with van der Waals surface area (Å²) in [7, 11) is 0. The van der Waals surface area contributed by atoms with E-state index in [1.807, 2.05) is 137 Å². The summed E-state index contributed by atoms with van der Waals surface area (Å²) < 4.78 is 28.8. The molecule has 0 spiro atoms. The third-order valence-electron chi connectivity index (χ3n) is 9.94. The lowest BCUT2D eigenvalue weighted by molar-refractivity contribution is -0.138. The van der Waals surface area contributed by atoms with Gasteiger partial charge < -0.3 is 28.2 Å². The third-order valence-corrected chi connectivity index (χ3v) is 9.94. The van der Waals surface area contributed by atoms with Gasteiger partial charge in [-0.25, -0.2) is 14.8 Å². The van der Waals surface area contributed by atoms with Crippen LogP contribution in [0.5, 0.6) is 17.2 Å². The number of carboxylic acids is 1. The van der Waals surface area contributed by atoms with Crippen molar-refractivity contribution in [2.45, 2.75) is 53.5 Å². The highest BCUT2D eigenvalue weighted by Gasteiger charge is 2.26. The number of carbonyl (C=O) groups is 2. The maximum Gasteiger partial charge on any atom is 0.416 e. The van der Waals surface area contributed by atoms with E-state index in [9.17, 15) is 14.7 Å². The zero-order valence-corrected chi connectivity index (χ0v) is 35.7. The summed E-state index contributed by atoms with van der Waals surface area (Å²) in [4.78, 5) is 34.8. The minimum Gasteiger partial charge on any atom is -0.493 e. The van der Waals surface area contributed by atoms with Crippen LogP contribution in [0, 0.1) is 20.8 Å². The molecule has 0 saturated carbocycles. The molecule has 318 valence electrons. The van der Waals surface area contributed by atoms with Gasteiger partial charge in [0.25, 0.3) is 0 Å². The number of benzene rings is 5. The fourth-order valence-corrected chi connectivity index (χ4v) is 6.43. The summed E-state index contributed by atoms with van der Waals surface area (Å²) in [5.74, 6) is 3.47. The van der Waals surface area contributed by atoms with Crippen LogP contribution in [0.25, 0.3) is 28.5 Å². The Kier molecular flexibility index (Phi) is 15.1. The van der Waals surface area contributed by atoms with Gasteiger partial charge in [-0.1, -0.05) is 90.5 Å². The van der Waals surface area contributed by atoms with Crippen LogP contribution in [0.15, 0.2) is 149 Å².